The van der Waals surface area contributed by atoms with Crippen molar-refractivity contribution in [2.24, 2.45) is 0 Å². The molecule has 0 fully saturated rings. The highest BCUT2D eigenvalue weighted by Crippen LogP contribution is 2.15. The molecule has 0 aliphatic carbocycles. The number of esters is 1. The van der Waals surface area contributed by atoms with Gasteiger partial charge in [-0.15, -0.1) is 0 Å². The molecule has 0 unspecified atom stereocenters. The van der Waals surface area contributed by atoms with Crippen LogP contribution in [0.15, 0.2) is 53.1 Å². The normalized spacial score (nSPS) is 9.95. The maximum absolute atomic E-state index is 11.6. The van der Waals surface area contributed by atoms with E-state index in [4.69, 9.17) is 9.47 Å². The molecule has 19 heavy (non-hydrogen) atoms. The maximum atomic E-state index is 11.6. The Morgan fingerprint density at radius 3 is 2.58 bits per heavy atom. The SMILES string of the molecule is O=C(OCCOc1ccc(Br)cc1)c1ccccn1. The lowest BCUT2D eigenvalue weighted by molar-refractivity contribution is 0.0443. The summed E-state index contributed by atoms with van der Waals surface area (Å²) in [5.74, 6) is 0.289. The summed E-state index contributed by atoms with van der Waals surface area (Å²) in [7, 11) is 0. The first-order chi connectivity index (χ1) is 9.25. The summed E-state index contributed by atoms with van der Waals surface area (Å²) in [6, 6.07) is 12.5. The third-order valence-electron chi connectivity index (χ3n) is 2.27. The lowest BCUT2D eigenvalue weighted by atomic mass is 10.3. The topological polar surface area (TPSA) is 48.4 Å². The van der Waals surface area contributed by atoms with Crippen LogP contribution in [-0.4, -0.2) is 24.2 Å². The van der Waals surface area contributed by atoms with Gasteiger partial charge in [-0.3, -0.25) is 0 Å². The molecule has 0 bridgehead atoms. The number of hydrogen-bond acceptors (Lipinski definition) is 4. The average molecular weight is 322 g/mol. The zero-order valence-electron chi connectivity index (χ0n) is 10.1. The van der Waals surface area contributed by atoms with Crippen LogP contribution in [0.5, 0.6) is 5.75 Å². The quantitative estimate of drug-likeness (QED) is 0.627. The van der Waals surface area contributed by atoms with Crippen molar-refractivity contribution in [3.05, 3.63) is 58.8 Å². The molecule has 0 spiro atoms. The molecule has 0 aliphatic heterocycles. The number of benzene rings is 1. The van der Waals surface area contributed by atoms with Crippen LogP contribution in [0.3, 0.4) is 0 Å². The van der Waals surface area contributed by atoms with Crippen molar-refractivity contribution in [1.29, 1.82) is 0 Å². The fraction of sp³-hybridized carbons (Fsp3) is 0.143. The van der Waals surface area contributed by atoms with Crippen LogP contribution in [0.4, 0.5) is 0 Å². The summed E-state index contributed by atoms with van der Waals surface area (Å²) in [5.41, 5.74) is 0.297. The Kier molecular flexibility index (Phi) is 4.92. The molecule has 5 heteroatoms. The van der Waals surface area contributed by atoms with Gasteiger partial charge in [0, 0.05) is 10.7 Å². The van der Waals surface area contributed by atoms with Gasteiger partial charge in [0.15, 0.2) is 0 Å². The molecule has 0 aliphatic rings. The highest BCUT2D eigenvalue weighted by molar-refractivity contribution is 9.10. The number of rotatable bonds is 5. The van der Waals surface area contributed by atoms with Crippen molar-refractivity contribution >= 4 is 21.9 Å². The number of hydrogen-bond donors (Lipinski definition) is 0. The monoisotopic (exact) mass is 321 g/mol. The second-order valence-corrected chi connectivity index (χ2v) is 4.57. The van der Waals surface area contributed by atoms with E-state index in [1.165, 1.54) is 0 Å². The van der Waals surface area contributed by atoms with Gasteiger partial charge in [0.1, 0.15) is 24.7 Å². The second-order valence-electron chi connectivity index (χ2n) is 3.65. The van der Waals surface area contributed by atoms with Gasteiger partial charge in [0.2, 0.25) is 0 Å². The van der Waals surface area contributed by atoms with E-state index in [2.05, 4.69) is 20.9 Å². The minimum absolute atomic E-state index is 0.186. The first kappa shape index (κ1) is 13.5. The summed E-state index contributed by atoms with van der Waals surface area (Å²) in [5, 5.41) is 0. The number of carbonyl (C=O) groups excluding carboxylic acids is 1. The molecular weight excluding hydrogens is 310 g/mol. The fourth-order valence-electron chi connectivity index (χ4n) is 1.38. The molecule has 1 heterocycles. The van der Waals surface area contributed by atoms with E-state index in [1.54, 1.807) is 24.4 Å². The van der Waals surface area contributed by atoms with Gasteiger partial charge in [0.25, 0.3) is 0 Å². The van der Waals surface area contributed by atoms with E-state index < -0.39 is 5.97 Å². The van der Waals surface area contributed by atoms with Gasteiger partial charge in [-0.25, -0.2) is 9.78 Å². The number of aromatic nitrogens is 1. The molecule has 4 nitrogen and oxygen atoms in total. The van der Waals surface area contributed by atoms with Crippen molar-refractivity contribution in [3.63, 3.8) is 0 Å². The van der Waals surface area contributed by atoms with E-state index in [0.29, 0.717) is 12.3 Å². The fourth-order valence-corrected chi connectivity index (χ4v) is 1.65. The first-order valence-electron chi connectivity index (χ1n) is 5.72. The summed E-state index contributed by atoms with van der Waals surface area (Å²) < 4.78 is 11.5. The third-order valence-corrected chi connectivity index (χ3v) is 2.80. The van der Waals surface area contributed by atoms with Crippen LogP contribution in [0, 0.1) is 0 Å². The highest BCUT2D eigenvalue weighted by atomic mass is 79.9. The van der Waals surface area contributed by atoms with Crippen LogP contribution in [0.25, 0.3) is 0 Å². The Bertz CT molecular complexity index is 528. The molecule has 2 rings (SSSR count). The Morgan fingerprint density at radius 2 is 1.89 bits per heavy atom. The van der Waals surface area contributed by atoms with Gasteiger partial charge in [-0.1, -0.05) is 22.0 Å². The minimum Gasteiger partial charge on any atom is -0.490 e. The maximum Gasteiger partial charge on any atom is 0.357 e. The largest absolute Gasteiger partial charge is 0.490 e. The molecule has 98 valence electrons. The average Bonchev–Trinajstić information content (AvgIpc) is 2.46. The van der Waals surface area contributed by atoms with Crippen LogP contribution < -0.4 is 4.74 Å². The Labute approximate surface area is 119 Å². The Morgan fingerprint density at radius 1 is 1.11 bits per heavy atom. The molecule has 1 aromatic heterocycles. The summed E-state index contributed by atoms with van der Waals surface area (Å²) in [4.78, 5) is 15.5. The molecule has 0 amide bonds. The predicted molar refractivity (Wildman–Crippen MR) is 74.2 cm³/mol. The van der Waals surface area contributed by atoms with E-state index in [1.807, 2.05) is 24.3 Å². The molecular formula is C14H12BrNO3. The van der Waals surface area contributed by atoms with Crippen molar-refractivity contribution in [2.45, 2.75) is 0 Å². The summed E-state index contributed by atoms with van der Waals surface area (Å²) >= 11 is 3.34. The number of carbonyl (C=O) groups is 1. The van der Waals surface area contributed by atoms with Gasteiger partial charge in [-0.2, -0.15) is 0 Å². The molecule has 1 aromatic carbocycles. The number of pyridine rings is 1. The van der Waals surface area contributed by atoms with E-state index >= 15 is 0 Å². The summed E-state index contributed by atoms with van der Waals surface area (Å²) in [6.07, 6.45) is 1.55. The van der Waals surface area contributed by atoms with Crippen molar-refractivity contribution in [1.82, 2.24) is 4.98 Å². The molecule has 0 saturated heterocycles. The smallest absolute Gasteiger partial charge is 0.357 e. The number of nitrogens with zero attached hydrogens (tertiary/aromatic N) is 1. The number of halogens is 1. The van der Waals surface area contributed by atoms with Crippen LogP contribution in [0.2, 0.25) is 0 Å². The molecule has 0 atom stereocenters. The third kappa shape index (κ3) is 4.37. The van der Waals surface area contributed by atoms with Crippen LogP contribution in [0.1, 0.15) is 10.5 Å². The second kappa shape index (κ2) is 6.89. The number of ether oxygens (including phenoxy) is 2. The molecule has 0 N–H and O–H groups in total. The van der Waals surface area contributed by atoms with Crippen molar-refractivity contribution in [2.75, 3.05) is 13.2 Å². The van der Waals surface area contributed by atoms with Gasteiger partial charge in [0.05, 0.1) is 0 Å². The van der Waals surface area contributed by atoms with Crippen LogP contribution in [-0.2, 0) is 4.74 Å². The first-order valence-corrected chi connectivity index (χ1v) is 6.51. The minimum atomic E-state index is -0.444. The zero-order chi connectivity index (χ0) is 13.5. The standard InChI is InChI=1S/C14H12BrNO3/c15-11-4-6-12(7-5-11)18-9-10-19-14(17)13-3-1-2-8-16-13/h1-8H,9-10H2. The van der Waals surface area contributed by atoms with Crippen molar-refractivity contribution in [3.8, 4) is 5.75 Å². The van der Waals surface area contributed by atoms with Gasteiger partial charge < -0.3 is 9.47 Å². The summed E-state index contributed by atoms with van der Waals surface area (Å²) in [6.45, 7) is 0.492. The Balaban J connectivity index is 1.72. The van der Waals surface area contributed by atoms with Gasteiger partial charge >= 0.3 is 5.97 Å². The van der Waals surface area contributed by atoms with E-state index in [9.17, 15) is 4.79 Å². The van der Waals surface area contributed by atoms with Crippen LogP contribution >= 0.6 is 15.9 Å². The lowest BCUT2D eigenvalue weighted by Crippen LogP contribution is -2.13. The van der Waals surface area contributed by atoms with Crippen molar-refractivity contribution < 1.29 is 14.3 Å². The van der Waals surface area contributed by atoms with Gasteiger partial charge in [-0.05, 0) is 36.4 Å². The molecule has 2 aromatic rings. The predicted octanol–water partition coefficient (Wildman–Crippen LogP) is 3.08. The zero-order valence-corrected chi connectivity index (χ0v) is 11.7. The highest BCUT2D eigenvalue weighted by Gasteiger charge is 2.07. The molecule has 0 radical (unpaired) electrons. The lowest BCUT2D eigenvalue weighted by Gasteiger charge is -2.07. The van der Waals surface area contributed by atoms with E-state index in [-0.39, 0.29) is 6.61 Å². The van der Waals surface area contributed by atoms with E-state index in [0.717, 1.165) is 10.2 Å². The Hall–Kier alpha value is -1.88. The molecule has 0 saturated carbocycles.